The topological polar surface area (TPSA) is 53.5 Å². The fraction of sp³-hybridized carbons (Fsp3) is 0.643. The summed E-state index contributed by atoms with van der Waals surface area (Å²) in [7, 11) is -2.99. The van der Waals surface area contributed by atoms with Crippen LogP contribution in [0.1, 0.15) is 25.0 Å². The Morgan fingerprint density at radius 1 is 1.24 bits per heavy atom. The SMILES string of the molecule is Cc1nc(N2CCC(N3CCCS3(=O)=O)CC2)ccc1Br. The van der Waals surface area contributed by atoms with Gasteiger partial charge in [0.25, 0.3) is 0 Å². The summed E-state index contributed by atoms with van der Waals surface area (Å²) in [4.78, 5) is 6.84. The molecule has 116 valence electrons. The third-order valence-electron chi connectivity index (χ3n) is 4.34. The van der Waals surface area contributed by atoms with Crippen molar-refractivity contribution in [3.8, 4) is 0 Å². The second-order valence-electron chi connectivity index (χ2n) is 5.74. The van der Waals surface area contributed by atoms with E-state index in [0.29, 0.717) is 12.3 Å². The lowest BCUT2D eigenvalue weighted by Crippen LogP contribution is -2.45. The van der Waals surface area contributed by atoms with Gasteiger partial charge in [0.15, 0.2) is 0 Å². The van der Waals surface area contributed by atoms with Gasteiger partial charge in [-0.05, 0) is 54.2 Å². The lowest BCUT2D eigenvalue weighted by molar-refractivity contribution is 0.290. The molecule has 2 aliphatic rings. The van der Waals surface area contributed by atoms with Crippen molar-refractivity contribution < 1.29 is 8.42 Å². The van der Waals surface area contributed by atoms with Crippen LogP contribution >= 0.6 is 15.9 Å². The molecule has 0 aliphatic carbocycles. The number of hydrogen-bond donors (Lipinski definition) is 0. The molecule has 3 rings (SSSR count). The van der Waals surface area contributed by atoms with E-state index in [4.69, 9.17) is 0 Å². The Kier molecular flexibility index (Phi) is 4.25. The van der Waals surface area contributed by atoms with Crippen LogP contribution in [0, 0.1) is 6.92 Å². The number of anilines is 1. The van der Waals surface area contributed by atoms with Crippen molar-refractivity contribution in [2.45, 2.75) is 32.2 Å². The summed E-state index contributed by atoms with van der Waals surface area (Å²) in [5.74, 6) is 1.30. The summed E-state index contributed by atoms with van der Waals surface area (Å²) in [5, 5.41) is 0. The Morgan fingerprint density at radius 3 is 2.52 bits per heavy atom. The van der Waals surface area contributed by atoms with E-state index >= 15 is 0 Å². The van der Waals surface area contributed by atoms with Crippen LogP contribution in [0.25, 0.3) is 0 Å². The molecular formula is C14H20BrN3O2S. The number of aryl methyl sites for hydroxylation is 1. The average molecular weight is 374 g/mol. The van der Waals surface area contributed by atoms with E-state index in [0.717, 1.165) is 48.3 Å². The van der Waals surface area contributed by atoms with Crippen LogP contribution in [0.4, 0.5) is 5.82 Å². The highest BCUT2D eigenvalue weighted by atomic mass is 79.9. The molecular weight excluding hydrogens is 354 g/mol. The van der Waals surface area contributed by atoms with Crippen LogP contribution in [0.3, 0.4) is 0 Å². The molecule has 1 aromatic heterocycles. The van der Waals surface area contributed by atoms with Gasteiger partial charge in [-0.25, -0.2) is 13.4 Å². The van der Waals surface area contributed by atoms with Crippen LogP contribution in [0.5, 0.6) is 0 Å². The molecule has 2 saturated heterocycles. The first-order valence-electron chi connectivity index (χ1n) is 7.35. The summed E-state index contributed by atoms with van der Waals surface area (Å²) < 4.78 is 26.7. The predicted molar refractivity (Wildman–Crippen MR) is 87.0 cm³/mol. The molecule has 2 aliphatic heterocycles. The smallest absolute Gasteiger partial charge is 0.214 e. The molecule has 0 saturated carbocycles. The van der Waals surface area contributed by atoms with Crippen molar-refractivity contribution >= 4 is 31.8 Å². The van der Waals surface area contributed by atoms with Crippen LogP contribution in [0.2, 0.25) is 0 Å². The molecule has 2 fully saturated rings. The number of hydrogen-bond acceptors (Lipinski definition) is 4. The molecule has 0 spiro atoms. The number of nitrogens with zero attached hydrogens (tertiary/aromatic N) is 3. The molecule has 0 amide bonds. The highest BCUT2D eigenvalue weighted by molar-refractivity contribution is 9.10. The highest BCUT2D eigenvalue weighted by Crippen LogP contribution is 2.27. The summed E-state index contributed by atoms with van der Waals surface area (Å²) >= 11 is 3.47. The second-order valence-corrected chi connectivity index (χ2v) is 8.63. The number of aromatic nitrogens is 1. The Balaban J connectivity index is 1.66. The molecule has 21 heavy (non-hydrogen) atoms. The summed E-state index contributed by atoms with van der Waals surface area (Å²) in [6.45, 7) is 4.41. The maximum Gasteiger partial charge on any atom is 0.214 e. The molecule has 7 heteroatoms. The molecule has 0 atom stereocenters. The fourth-order valence-electron chi connectivity index (χ4n) is 3.16. The van der Waals surface area contributed by atoms with Gasteiger partial charge in [0, 0.05) is 30.1 Å². The largest absolute Gasteiger partial charge is 0.356 e. The van der Waals surface area contributed by atoms with Crippen molar-refractivity contribution in [1.29, 1.82) is 0 Å². The molecule has 0 bridgehead atoms. The first kappa shape index (κ1) is 15.2. The Bertz CT molecular complexity index is 627. The van der Waals surface area contributed by atoms with Gasteiger partial charge < -0.3 is 4.90 Å². The normalized spacial score (nSPS) is 23.6. The van der Waals surface area contributed by atoms with Gasteiger partial charge in [-0.1, -0.05) is 0 Å². The van der Waals surface area contributed by atoms with Gasteiger partial charge in [-0.15, -0.1) is 0 Å². The van der Waals surface area contributed by atoms with Crippen molar-refractivity contribution in [2.75, 3.05) is 30.3 Å². The number of halogens is 1. The Hall–Kier alpha value is -0.660. The quantitative estimate of drug-likeness (QED) is 0.796. The van der Waals surface area contributed by atoms with Gasteiger partial charge in [-0.3, -0.25) is 0 Å². The van der Waals surface area contributed by atoms with Gasteiger partial charge >= 0.3 is 0 Å². The van der Waals surface area contributed by atoms with E-state index in [1.54, 1.807) is 4.31 Å². The predicted octanol–water partition coefficient (Wildman–Crippen LogP) is 2.16. The van der Waals surface area contributed by atoms with Gasteiger partial charge in [0.2, 0.25) is 10.0 Å². The number of pyridine rings is 1. The highest BCUT2D eigenvalue weighted by Gasteiger charge is 2.36. The molecule has 0 aromatic carbocycles. The van der Waals surface area contributed by atoms with Crippen LogP contribution in [0.15, 0.2) is 16.6 Å². The maximum absolute atomic E-state index is 12.0. The fourth-order valence-corrected chi connectivity index (χ4v) is 5.18. The molecule has 1 aromatic rings. The van der Waals surface area contributed by atoms with E-state index in [9.17, 15) is 8.42 Å². The lowest BCUT2D eigenvalue weighted by Gasteiger charge is -2.36. The summed E-state index contributed by atoms with van der Waals surface area (Å²) in [5.41, 5.74) is 0.983. The van der Waals surface area contributed by atoms with E-state index < -0.39 is 10.0 Å². The summed E-state index contributed by atoms with van der Waals surface area (Å²) in [6, 6.07) is 4.21. The zero-order valence-corrected chi connectivity index (χ0v) is 14.5. The average Bonchev–Trinajstić information content (AvgIpc) is 2.82. The lowest BCUT2D eigenvalue weighted by atomic mass is 10.0. The van der Waals surface area contributed by atoms with E-state index in [-0.39, 0.29) is 6.04 Å². The van der Waals surface area contributed by atoms with Crippen molar-refractivity contribution in [3.05, 3.63) is 22.3 Å². The third-order valence-corrected chi connectivity index (χ3v) is 7.18. The van der Waals surface area contributed by atoms with Crippen molar-refractivity contribution in [2.24, 2.45) is 0 Å². The van der Waals surface area contributed by atoms with Gasteiger partial charge in [0.05, 0.1) is 11.4 Å². The van der Waals surface area contributed by atoms with E-state index in [1.165, 1.54) is 0 Å². The third kappa shape index (κ3) is 3.10. The first-order valence-corrected chi connectivity index (χ1v) is 9.75. The zero-order valence-electron chi connectivity index (χ0n) is 12.1. The second kappa shape index (κ2) is 5.85. The van der Waals surface area contributed by atoms with Crippen LogP contribution < -0.4 is 4.90 Å². The van der Waals surface area contributed by atoms with Crippen molar-refractivity contribution in [3.63, 3.8) is 0 Å². The summed E-state index contributed by atoms with van der Waals surface area (Å²) in [6.07, 6.45) is 2.54. The Morgan fingerprint density at radius 2 is 1.95 bits per heavy atom. The molecule has 0 radical (unpaired) electrons. The van der Waals surface area contributed by atoms with Gasteiger partial charge in [0.1, 0.15) is 5.82 Å². The van der Waals surface area contributed by atoms with Crippen LogP contribution in [-0.4, -0.2) is 49.1 Å². The van der Waals surface area contributed by atoms with E-state index in [2.05, 4.69) is 25.8 Å². The number of rotatable bonds is 2. The Labute approximate surface area is 134 Å². The molecule has 3 heterocycles. The zero-order chi connectivity index (χ0) is 15.0. The molecule has 0 unspecified atom stereocenters. The molecule has 5 nitrogen and oxygen atoms in total. The molecule has 0 N–H and O–H groups in total. The van der Waals surface area contributed by atoms with Gasteiger partial charge in [-0.2, -0.15) is 4.31 Å². The minimum Gasteiger partial charge on any atom is -0.356 e. The minimum absolute atomic E-state index is 0.172. The van der Waals surface area contributed by atoms with Crippen molar-refractivity contribution in [1.82, 2.24) is 9.29 Å². The van der Waals surface area contributed by atoms with Crippen LogP contribution in [-0.2, 0) is 10.0 Å². The number of piperidine rings is 1. The maximum atomic E-state index is 12.0. The van der Waals surface area contributed by atoms with E-state index in [1.807, 2.05) is 19.1 Å². The number of sulfonamides is 1. The first-order chi connectivity index (χ1) is 9.97. The standard InChI is InChI=1S/C14H20BrN3O2S/c1-11-13(15)3-4-14(16-11)17-8-5-12(6-9-17)18-7-2-10-21(18,19)20/h3-4,12H,2,5-10H2,1H3. The minimum atomic E-state index is -2.99. The monoisotopic (exact) mass is 373 g/mol.